The minimum atomic E-state index is -0.00682. The molecular weight excluding hydrogens is 212 g/mol. The van der Waals surface area contributed by atoms with E-state index in [0.717, 1.165) is 25.7 Å². The van der Waals surface area contributed by atoms with Gasteiger partial charge in [0.1, 0.15) is 0 Å². The van der Waals surface area contributed by atoms with E-state index in [2.05, 4.69) is 12.2 Å². The smallest absolute Gasteiger partial charge is 0.305 e. The first-order valence-electron chi connectivity index (χ1n) is 7.20. The number of carbonyl (C=O) groups excluding carboxylic acids is 1. The highest BCUT2D eigenvalue weighted by Gasteiger charge is 2.02. The van der Waals surface area contributed by atoms with Crippen molar-refractivity contribution in [3.05, 3.63) is 12.2 Å². The Bertz CT molecular complexity index is 221. The molecule has 0 saturated heterocycles. The minimum absolute atomic E-state index is 0.00682. The van der Waals surface area contributed by atoms with Crippen molar-refractivity contribution in [3.8, 4) is 0 Å². The molecule has 0 aromatic heterocycles. The van der Waals surface area contributed by atoms with Gasteiger partial charge in [-0.2, -0.15) is 0 Å². The lowest BCUT2D eigenvalue weighted by Crippen LogP contribution is -2.05. The van der Waals surface area contributed by atoms with E-state index in [1.54, 1.807) is 0 Å². The second-order valence-electron chi connectivity index (χ2n) is 4.85. The fourth-order valence-corrected chi connectivity index (χ4v) is 2.10. The number of cyclic esters (lactones) is 1. The molecule has 0 bridgehead atoms. The first kappa shape index (κ1) is 14.3. The molecule has 0 aromatic rings. The third kappa shape index (κ3) is 8.96. The summed E-state index contributed by atoms with van der Waals surface area (Å²) in [7, 11) is 0. The summed E-state index contributed by atoms with van der Waals surface area (Å²) in [6.07, 6.45) is 17.1. The van der Waals surface area contributed by atoms with Crippen LogP contribution in [-0.4, -0.2) is 12.6 Å². The minimum Gasteiger partial charge on any atom is -0.466 e. The predicted octanol–water partition coefficient (Wildman–Crippen LogP) is 4.39. The number of carbonyl (C=O) groups is 1. The highest BCUT2D eigenvalue weighted by atomic mass is 16.5. The predicted molar refractivity (Wildman–Crippen MR) is 70.9 cm³/mol. The third-order valence-electron chi connectivity index (χ3n) is 3.20. The van der Waals surface area contributed by atoms with Gasteiger partial charge in [-0.3, -0.25) is 4.79 Å². The molecule has 17 heavy (non-hydrogen) atoms. The average molecular weight is 238 g/mol. The van der Waals surface area contributed by atoms with E-state index >= 15 is 0 Å². The largest absolute Gasteiger partial charge is 0.466 e. The summed E-state index contributed by atoms with van der Waals surface area (Å²) < 4.78 is 5.18. The summed E-state index contributed by atoms with van der Waals surface area (Å²) in [4.78, 5) is 11.3. The Balaban J connectivity index is 2.18. The molecule has 2 heteroatoms. The van der Waals surface area contributed by atoms with E-state index in [-0.39, 0.29) is 5.97 Å². The van der Waals surface area contributed by atoms with Gasteiger partial charge in [0.15, 0.2) is 0 Å². The Labute approximate surface area is 105 Å². The van der Waals surface area contributed by atoms with Crippen LogP contribution in [0.15, 0.2) is 12.2 Å². The standard InChI is InChI=1S/C15H26O2/c16-15-13-11-9-7-5-3-1-2-4-6-8-10-12-14-17-15/h4,6H,1-3,5,7-14H2. The van der Waals surface area contributed by atoms with Gasteiger partial charge in [-0.05, 0) is 38.5 Å². The zero-order chi connectivity index (χ0) is 12.2. The van der Waals surface area contributed by atoms with E-state index in [1.165, 1.54) is 38.5 Å². The lowest BCUT2D eigenvalue weighted by Gasteiger charge is -2.05. The van der Waals surface area contributed by atoms with Crippen molar-refractivity contribution < 1.29 is 9.53 Å². The van der Waals surface area contributed by atoms with Gasteiger partial charge in [0.25, 0.3) is 0 Å². The van der Waals surface area contributed by atoms with Crippen LogP contribution in [0.3, 0.4) is 0 Å². The lowest BCUT2D eigenvalue weighted by atomic mass is 10.1. The number of rotatable bonds is 0. The molecular formula is C15H26O2. The normalized spacial score (nSPS) is 22.0. The molecule has 1 heterocycles. The van der Waals surface area contributed by atoms with E-state index in [9.17, 15) is 4.79 Å². The van der Waals surface area contributed by atoms with Crippen molar-refractivity contribution in [1.82, 2.24) is 0 Å². The third-order valence-corrected chi connectivity index (χ3v) is 3.20. The topological polar surface area (TPSA) is 26.3 Å². The van der Waals surface area contributed by atoms with Crippen LogP contribution in [0.1, 0.15) is 70.6 Å². The molecule has 0 aliphatic carbocycles. The molecule has 0 N–H and O–H groups in total. The zero-order valence-corrected chi connectivity index (χ0v) is 11.0. The molecule has 98 valence electrons. The Morgan fingerprint density at radius 1 is 0.765 bits per heavy atom. The molecule has 0 amide bonds. The molecule has 0 aromatic carbocycles. The zero-order valence-electron chi connectivity index (χ0n) is 11.0. The Hall–Kier alpha value is -0.790. The summed E-state index contributed by atoms with van der Waals surface area (Å²) in [6.45, 7) is 0.604. The fraction of sp³-hybridized carbons (Fsp3) is 0.800. The maximum atomic E-state index is 11.3. The first-order valence-corrected chi connectivity index (χ1v) is 7.20. The molecule has 0 saturated carbocycles. The number of allylic oxidation sites excluding steroid dienone is 2. The van der Waals surface area contributed by atoms with E-state index in [4.69, 9.17) is 4.74 Å². The highest BCUT2D eigenvalue weighted by Crippen LogP contribution is 2.10. The van der Waals surface area contributed by atoms with Gasteiger partial charge in [-0.1, -0.05) is 37.8 Å². The summed E-state index contributed by atoms with van der Waals surface area (Å²) in [5, 5.41) is 0. The van der Waals surface area contributed by atoms with E-state index in [0.29, 0.717) is 13.0 Å². The molecule has 1 aliphatic heterocycles. The SMILES string of the molecule is O=C1CCCCCCCCC=CCCCCO1. The van der Waals surface area contributed by atoms with Crippen molar-refractivity contribution in [2.75, 3.05) is 6.61 Å². The van der Waals surface area contributed by atoms with Crippen molar-refractivity contribution in [1.29, 1.82) is 0 Å². The van der Waals surface area contributed by atoms with Gasteiger partial charge in [0.2, 0.25) is 0 Å². The van der Waals surface area contributed by atoms with Gasteiger partial charge in [0.05, 0.1) is 6.61 Å². The highest BCUT2D eigenvalue weighted by molar-refractivity contribution is 5.69. The van der Waals surface area contributed by atoms with Gasteiger partial charge in [-0.25, -0.2) is 0 Å². The number of esters is 1. The van der Waals surface area contributed by atoms with Crippen molar-refractivity contribution >= 4 is 5.97 Å². The molecule has 0 fully saturated rings. The summed E-state index contributed by atoms with van der Waals surface area (Å²) >= 11 is 0. The van der Waals surface area contributed by atoms with Crippen LogP contribution >= 0.6 is 0 Å². The molecule has 0 radical (unpaired) electrons. The van der Waals surface area contributed by atoms with E-state index in [1.807, 2.05) is 0 Å². The van der Waals surface area contributed by atoms with Crippen LogP contribution < -0.4 is 0 Å². The van der Waals surface area contributed by atoms with Crippen molar-refractivity contribution in [2.24, 2.45) is 0 Å². The van der Waals surface area contributed by atoms with Crippen molar-refractivity contribution in [3.63, 3.8) is 0 Å². The molecule has 0 unspecified atom stereocenters. The number of ether oxygens (including phenoxy) is 1. The van der Waals surface area contributed by atoms with Crippen LogP contribution in [0.25, 0.3) is 0 Å². The Kier molecular flexibility index (Phi) is 8.71. The van der Waals surface area contributed by atoms with Crippen LogP contribution in [0, 0.1) is 0 Å². The van der Waals surface area contributed by atoms with Crippen LogP contribution in [0.4, 0.5) is 0 Å². The summed E-state index contributed by atoms with van der Waals surface area (Å²) in [5.41, 5.74) is 0. The number of hydrogen-bond acceptors (Lipinski definition) is 2. The maximum Gasteiger partial charge on any atom is 0.305 e. The molecule has 0 spiro atoms. The Morgan fingerprint density at radius 2 is 1.35 bits per heavy atom. The van der Waals surface area contributed by atoms with Gasteiger partial charge in [0, 0.05) is 6.42 Å². The molecule has 1 aliphatic rings. The second kappa shape index (κ2) is 10.4. The van der Waals surface area contributed by atoms with Crippen LogP contribution in [-0.2, 0) is 9.53 Å². The van der Waals surface area contributed by atoms with Crippen LogP contribution in [0.2, 0.25) is 0 Å². The van der Waals surface area contributed by atoms with Gasteiger partial charge < -0.3 is 4.74 Å². The fourth-order valence-electron chi connectivity index (χ4n) is 2.10. The van der Waals surface area contributed by atoms with E-state index < -0.39 is 0 Å². The molecule has 0 atom stereocenters. The summed E-state index contributed by atoms with van der Waals surface area (Å²) in [5.74, 6) is -0.00682. The first-order chi connectivity index (χ1) is 8.39. The average Bonchev–Trinajstić information content (AvgIpc) is 2.32. The lowest BCUT2D eigenvalue weighted by molar-refractivity contribution is -0.143. The van der Waals surface area contributed by atoms with Crippen molar-refractivity contribution in [2.45, 2.75) is 70.6 Å². The van der Waals surface area contributed by atoms with Gasteiger partial charge >= 0.3 is 5.97 Å². The second-order valence-corrected chi connectivity index (χ2v) is 4.85. The van der Waals surface area contributed by atoms with Crippen LogP contribution in [0.5, 0.6) is 0 Å². The monoisotopic (exact) mass is 238 g/mol. The molecule has 2 nitrogen and oxygen atoms in total. The quantitative estimate of drug-likeness (QED) is 0.462. The Morgan fingerprint density at radius 3 is 2.12 bits per heavy atom. The maximum absolute atomic E-state index is 11.3. The summed E-state index contributed by atoms with van der Waals surface area (Å²) in [6, 6.07) is 0. The van der Waals surface area contributed by atoms with Gasteiger partial charge in [-0.15, -0.1) is 0 Å². The number of hydrogen-bond donors (Lipinski definition) is 0. The molecule has 1 rings (SSSR count).